The SMILES string of the molecule is COCCCB(OC)OC. The van der Waals surface area contributed by atoms with Crippen molar-refractivity contribution in [3.8, 4) is 0 Å². The van der Waals surface area contributed by atoms with E-state index in [0.29, 0.717) is 0 Å². The number of hydrogen-bond acceptors (Lipinski definition) is 3. The second-order valence-corrected chi connectivity index (χ2v) is 2.04. The third-order valence-corrected chi connectivity index (χ3v) is 1.31. The molecule has 4 heteroatoms. The van der Waals surface area contributed by atoms with Crippen LogP contribution < -0.4 is 0 Å². The second-order valence-electron chi connectivity index (χ2n) is 2.04. The maximum atomic E-state index is 4.97. The molecule has 0 heterocycles. The molecule has 0 aromatic carbocycles. The molecule has 0 radical (unpaired) electrons. The van der Waals surface area contributed by atoms with E-state index in [1.807, 2.05) is 0 Å². The Kier molecular flexibility index (Phi) is 7.02. The van der Waals surface area contributed by atoms with E-state index in [9.17, 15) is 0 Å². The molecule has 0 aliphatic carbocycles. The summed E-state index contributed by atoms with van der Waals surface area (Å²) >= 11 is 0. The van der Waals surface area contributed by atoms with E-state index in [1.54, 1.807) is 21.3 Å². The summed E-state index contributed by atoms with van der Waals surface area (Å²) in [6, 6.07) is 0. The summed E-state index contributed by atoms with van der Waals surface area (Å²) in [4.78, 5) is 0. The Balaban J connectivity index is 3.09. The summed E-state index contributed by atoms with van der Waals surface area (Å²) in [7, 11) is 4.89. The summed E-state index contributed by atoms with van der Waals surface area (Å²) in [6.45, 7) is 0.767. The van der Waals surface area contributed by atoms with E-state index in [4.69, 9.17) is 14.0 Å². The predicted molar refractivity (Wildman–Crippen MR) is 41.1 cm³/mol. The molecule has 10 heavy (non-hydrogen) atoms. The number of ether oxygens (including phenoxy) is 1. The van der Waals surface area contributed by atoms with Crippen LogP contribution in [-0.4, -0.2) is 35.1 Å². The summed E-state index contributed by atoms with van der Waals surface area (Å²) < 4.78 is 14.8. The van der Waals surface area contributed by atoms with Crippen LogP contribution in [0.5, 0.6) is 0 Å². The molecule has 0 aliphatic heterocycles. The van der Waals surface area contributed by atoms with E-state index in [1.165, 1.54) is 0 Å². The highest BCUT2D eigenvalue weighted by Gasteiger charge is 2.12. The van der Waals surface area contributed by atoms with Crippen molar-refractivity contribution in [3.05, 3.63) is 0 Å². The highest BCUT2D eigenvalue weighted by molar-refractivity contribution is 6.44. The van der Waals surface area contributed by atoms with Gasteiger partial charge in [-0.05, 0) is 12.7 Å². The Morgan fingerprint density at radius 3 is 2.10 bits per heavy atom. The van der Waals surface area contributed by atoms with Gasteiger partial charge in [0, 0.05) is 27.9 Å². The average molecular weight is 146 g/mol. The molecule has 0 fully saturated rings. The van der Waals surface area contributed by atoms with Gasteiger partial charge >= 0.3 is 7.12 Å². The smallest absolute Gasteiger partial charge is 0.414 e. The highest BCUT2D eigenvalue weighted by atomic mass is 16.6. The van der Waals surface area contributed by atoms with Crippen LogP contribution in [0.1, 0.15) is 6.42 Å². The van der Waals surface area contributed by atoms with E-state index >= 15 is 0 Å². The van der Waals surface area contributed by atoms with Crippen LogP contribution in [0.15, 0.2) is 0 Å². The summed E-state index contributed by atoms with van der Waals surface area (Å²) in [5.41, 5.74) is 0. The average Bonchev–Trinajstić information content (AvgIpc) is 1.99. The molecule has 0 rings (SSSR count). The Morgan fingerprint density at radius 2 is 1.70 bits per heavy atom. The molecule has 0 atom stereocenters. The van der Waals surface area contributed by atoms with E-state index in [-0.39, 0.29) is 7.12 Å². The molecule has 0 saturated heterocycles. The van der Waals surface area contributed by atoms with Crippen molar-refractivity contribution in [1.82, 2.24) is 0 Å². The van der Waals surface area contributed by atoms with Gasteiger partial charge in [0.2, 0.25) is 0 Å². The van der Waals surface area contributed by atoms with Crippen molar-refractivity contribution in [1.29, 1.82) is 0 Å². The topological polar surface area (TPSA) is 27.7 Å². The zero-order valence-corrected chi connectivity index (χ0v) is 6.92. The van der Waals surface area contributed by atoms with Crippen LogP contribution in [0.2, 0.25) is 6.32 Å². The van der Waals surface area contributed by atoms with Crippen LogP contribution in [0, 0.1) is 0 Å². The second kappa shape index (κ2) is 7.06. The van der Waals surface area contributed by atoms with Crippen molar-refractivity contribution in [2.75, 3.05) is 27.9 Å². The minimum atomic E-state index is -0.0739. The predicted octanol–water partition coefficient (Wildman–Crippen LogP) is 0.804. The zero-order chi connectivity index (χ0) is 7.82. The lowest BCUT2D eigenvalue weighted by Gasteiger charge is -2.06. The fraction of sp³-hybridized carbons (Fsp3) is 1.00. The van der Waals surface area contributed by atoms with Crippen molar-refractivity contribution >= 4 is 7.12 Å². The molecule has 0 amide bonds. The molecule has 0 aromatic rings. The first-order valence-corrected chi connectivity index (χ1v) is 3.39. The molecule has 0 saturated carbocycles. The van der Waals surface area contributed by atoms with Gasteiger partial charge in [-0.2, -0.15) is 0 Å². The lowest BCUT2D eigenvalue weighted by molar-refractivity contribution is 0.194. The number of rotatable bonds is 6. The Bertz CT molecular complexity index is 66.0. The molecule has 60 valence electrons. The van der Waals surface area contributed by atoms with Gasteiger partial charge in [-0.3, -0.25) is 0 Å². The third kappa shape index (κ3) is 4.79. The third-order valence-electron chi connectivity index (χ3n) is 1.31. The lowest BCUT2D eigenvalue weighted by Crippen LogP contribution is -2.18. The van der Waals surface area contributed by atoms with Gasteiger partial charge in [0.25, 0.3) is 0 Å². The van der Waals surface area contributed by atoms with Crippen LogP contribution in [-0.2, 0) is 14.0 Å². The summed E-state index contributed by atoms with van der Waals surface area (Å²) in [5, 5.41) is 0. The quantitative estimate of drug-likeness (QED) is 0.409. The molecule has 0 spiro atoms. The number of methoxy groups -OCH3 is 1. The Morgan fingerprint density at radius 1 is 1.10 bits per heavy atom. The van der Waals surface area contributed by atoms with Crippen LogP contribution in [0.4, 0.5) is 0 Å². The fourth-order valence-electron chi connectivity index (χ4n) is 0.726. The van der Waals surface area contributed by atoms with Gasteiger partial charge in [-0.15, -0.1) is 0 Å². The van der Waals surface area contributed by atoms with E-state index < -0.39 is 0 Å². The van der Waals surface area contributed by atoms with Crippen molar-refractivity contribution < 1.29 is 14.0 Å². The highest BCUT2D eigenvalue weighted by Crippen LogP contribution is 1.98. The molecule has 0 N–H and O–H groups in total. The molecule has 3 nitrogen and oxygen atoms in total. The first-order chi connectivity index (χ1) is 4.85. The maximum absolute atomic E-state index is 4.97. The molecule has 0 aliphatic rings. The first-order valence-electron chi connectivity index (χ1n) is 3.39. The van der Waals surface area contributed by atoms with Gasteiger partial charge in [0.15, 0.2) is 0 Å². The van der Waals surface area contributed by atoms with Gasteiger partial charge in [0.1, 0.15) is 0 Å². The molecule has 0 aromatic heterocycles. The first kappa shape index (κ1) is 9.94. The molecule has 0 bridgehead atoms. The van der Waals surface area contributed by atoms with Gasteiger partial charge in [-0.25, -0.2) is 0 Å². The van der Waals surface area contributed by atoms with E-state index in [0.717, 1.165) is 19.3 Å². The fourth-order valence-corrected chi connectivity index (χ4v) is 0.726. The summed E-state index contributed by atoms with van der Waals surface area (Å²) in [6.07, 6.45) is 1.86. The largest absolute Gasteiger partial charge is 0.456 e. The van der Waals surface area contributed by atoms with Gasteiger partial charge in [-0.1, -0.05) is 0 Å². The Hall–Kier alpha value is -0.0551. The molecular formula is C6H15BO3. The number of hydrogen-bond donors (Lipinski definition) is 0. The monoisotopic (exact) mass is 146 g/mol. The van der Waals surface area contributed by atoms with E-state index in [2.05, 4.69) is 0 Å². The zero-order valence-electron chi connectivity index (χ0n) is 6.92. The summed E-state index contributed by atoms with van der Waals surface area (Å²) in [5.74, 6) is 0. The maximum Gasteiger partial charge on any atom is 0.456 e. The van der Waals surface area contributed by atoms with Gasteiger partial charge in [0.05, 0.1) is 0 Å². The van der Waals surface area contributed by atoms with Crippen molar-refractivity contribution in [3.63, 3.8) is 0 Å². The minimum absolute atomic E-state index is 0.0739. The van der Waals surface area contributed by atoms with Crippen LogP contribution in [0.25, 0.3) is 0 Å². The van der Waals surface area contributed by atoms with Crippen molar-refractivity contribution in [2.24, 2.45) is 0 Å². The normalized spacial score (nSPS) is 9.90. The Labute approximate surface area is 62.8 Å². The lowest BCUT2D eigenvalue weighted by atomic mass is 9.83. The van der Waals surface area contributed by atoms with Crippen molar-refractivity contribution in [2.45, 2.75) is 12.7 Å². The molecule has 0 unspecified atom stereocenters. The van der Waals surface area contributed by atoms with Crippen LogP contribution >= 0.6 is 0 Å². The van der Waals surface area contributed by atoms with Crippen LogP contribution in [0.3, 0.4) is 0 Å². The standard InChI is InChI=1S/C6H15BO3/c1-8-6-4-5-7(9-2)10-3/h4-6H2,1-3H3. The van der Waals surface area contributed by atoms with Gasteiger partial charge < -0.3 is 14.0 Å². The minimum Gasteiger partial charge on any atom is -0.414 e. The molecular weight excluding hydrogens is 131 g/mol.